The van der Waals surface area contributed by atoms with Crippen LogP contribution in [0.2, 0.25) is 0 Å². The molecule has 1 unspecified atom stereocenters. The molecular formula is C11H16O2. The van der Waals surface area contributed by atoms with E-state index in [-0.39, 0.29) is 12.1 Å². The highest BCUT2D eigenvalue weighted by Gasteiger charge is 2.30. The molecule has 0 aromatic heterocycles. The van der Waals surface area contributed by atoms with Crippen LogP contribution in [0.1, 0.15) is 39.0 Å². The molecule has 1 heterocycles. The quantitative estimate of drug-likeness (QED) is 0.579. The third kappa shape index (κ3) is 1.77. The van der Waals surface area contributed by atoms with Crippen molar-refractivity contribution < 1.29 is 9.53 Å². The lowest BCUT2D eigenvalue weighted by molar-refractivity contribution is -0.141. The highest BCUT2D eigenvalue weighted by molar-refractivity contribution is 5.90. The van der Waals surface area contributed by atoms with E-state index in [9.17, 15) is 4.79 Å². The minimum Gasteiger partial charge on any atom is -0.454 e. The van der Waals surface area contributed by atoms with Gasteiger partial charge in [-0.25, -0.2) is 4.79 Å². The molecule has 0 saturated heterocycles. The van der Waals surface area contributed by atoms with Crippen molar-refractivity contribution in [2.45, 2.75) is 45.1 Å². The van der Waals surface area contributed by atoms with Gasteiger partial charge in [0.2, 0.25) is 0 Å². The molecule has 0 amide bonds. The Labute approximate surface area is 79.0 Å². The molecule has 2 aliphatic rings. The number of hydrogen-bond donors (Lipinski definition) is 0. The van der Waals surface area contributed by atoms with Crippen LogP contribution in [0.3, 0.4) is 0 Å². The molecule has 0 spiro atoms. The van der Waals surface area contributed by atoms with Crippen molar-refractivity contribution >= 4 is 5.97 Å². The second kappa shape index (κ2) is 3.52. The highest BCUT2D eigenvalue weighted by atomic mass is 16.5. The van der Waals surface area contributed by atoms with E-state index in [2.05, 4.69) is 0 Å². The zero-order chi connectivity index (χ0) is 9.26. The lowest BCUT2D eigenvalue weighted by atomic mass is 9.85. The third-order valence-corrected chi connectivity index (χ3v) is 3.09. The Bertz CT molecular complexity index is 236. The Morgan fingerprint density at radius 3 is 2.54 bits per heavy atom. The number of esters is 1. The first-order chi connectivity index (χ1) is 6.27. The van der Waals surface area contributed by atoms with Crippen LogP contribution >= 0.6 is 0 Å². The highest BCUT2D eigenvalue weighted by Crippen LogP contribution is 2.31. The molecule has 2 heteroatoms. The van der Waals surface area contributed by atoms with Gasteiger partial charge in [0, 0.05) is 5.57 Å². The summed E-state index contributed by atoms with van der Waals surface area (Å²) in [5.41, 5.74) is 0.788. The second-order valence-electron chi connectivity index (χ2n) is 4.12. The Hall–Kier alpha value is -0.790. The van der Waals surface area contributed by atoms with Crippen LogP contribution in [-0.4, -0.2) is 12.1 Å². The average molecular weight is 180 g/mol. The Balaban J connectivity index is 1.98. The maximum atomic E-state index is 11.1. The summed E-state index contributed by atoms with van der Waals surface area (Å²) in [6, 6.07) is 0. The van der Waals surface area contributed by atoms with Crippen molar-refractivity contribution in [2.75, 3.05) is 0 Å². The van der Waals surface area contributed by atoms with E-state index in [0.717, 1.165) is 5.57 Å². The van der Waals surface area contributed by atoms with Gasteiger partial charge in [0.25, 0.3) is 0 Å². The number of cyclic esters (lactones) is 1. The summed E-state index contributed by atoms with van der Waals surface area (Å²) in [6.07, 6.45) is 8.48. The molecule has 1 fully saturated rings. The van der Waals surface area contributed by atoms with E-state index in [1.165, 1.54) is 32.1 Å². The van der Waals surface area contributed by atoms with Gasteiger partial charge in [0.15, 0.2) is 0 Å². The molecule has 1 saturated carbocycles. The third-order valence-electron chi connectivity index (χ3n) is 3.09. The monoisotopic (exact) mass is 180 g/mol. The lowest BCUT2D eigenvalue weighted by Crippen LogP contribution is -2.22. The molecule has 0 aromatic carbocycles. The Morgan fingerprint density at radius 1 is 1.31 bits per heavy atom. The van der Waals surface area contributed by atoms with E-state index in [1.807, 2.05) is 13.0 Å². The Morgan fingerprint density at radius 2 is 2.00 bits per heavy atom. The van der Waals surface area contributed by atoms with E-state index in [0.29, 0.717) is 5.92 Å². The fourth-order valence-electron chi connectivity index (χ4n) is 2.26. The lowest BCUT2D eigenvalue weighted by Gasteiger charge is -2.25. The molecule has 0 aromatic rings. The number of carbonyl (C=O) groups excluding carboxylic acids is 1. The van der Waals surface area contributed by atoms with Crippen LogP contribution in [-0.2, 0) is 9.53 Å². The van der Waals surface area contributed by atoms with Gasteiger partial charge in [-0.05, 0) is 31.8 Å². The first-order valence-corrected chi connectivity index (χ1v) is 5.17. The first kappa shape index (κ1) is 8.79. The summed E-state index contributed by atoms with van der Waals surface area (Å²) < 4.78 is 5.28. The fraction of sp³-hybridized carbons (Fsp3) is 0.727. The van der Waals surface area contributed by atoms with Gasteiger partial charge in [-0.3, -0.25) is 0 Å². The largest absolute Gasteiger partial charge is 0.454 e. The van der Waals surface area contributed by atoms with E-state index >= 15 is 0 Å². The number of ether oxygens (including phenoxy) is 1. The molecule has 2 nitrogen and oxygen atoms in total. The van der Waals surface area contributed by atoms with E-state index in [4.69, 9.17) is 4.74 Å². The average Bonchev–Trinajstić information content (AvgIpc) is 2.49. The maximum Gasteiger partial charge on any atom is 0.334 e. The van der Waals surface area contributed by atoms with Crippen molar-refractivity contribution in [2.24, 2.45) is 5.92 Å². The minimum atomic E-state index is -0.115. The van der Waals surface area contributed by atoms with Crippen LogP contribution in [0.5, 0.6) is 0 Å². The summed E-state index contributed by atoms with van der Waals surface area (Å²) in [5, 5.41) is 0. The van der Waals surface area contributed by atoms with Gasteiger partial charge in [-0.15, -0.1) is 0 Å². The molecule has 2 rings (SSSR count). The molecule has 1 aliphatic heterocycles. The van der Waals surface area contributed by atoms with Gasteiger partial charge < -0.3 is 4.74 Å². The van der Waals surface area contributed by atoms with E-state index < -0.39 is 0 Å². The van der Waals surface area contributed by atoms with Gasteiger partial charge in [0.1, 0.15) is 6.10 Å². The molecule has 13 heavy (non-hydrogen) atoms. The van der Waals surface area contributed by atoms with Crippen molar-refractivity contribution in [3.8, 4) is 0 Å². The van der Waals surface area contributed by atoms with Gasteiger partial charge >= 0.3 is 5.97 Å². The summed E-state index contributed by atoms with van der Waals surface area (Å²) in [7, 11) is 0. The van der Waals surface area contributed by atoms with Crippen molar-refractivity contribution in [1.29, 1.82) is 0 Å². The SMILES string of the molecule is CC1=CC(C2CCCCC2)OC1=O. The molecular weight excluding hydrogens is 164 g/mol. The summed E-state index contributed by atoms with van der Waals surface area (Å²) in [4.78, 5) is 11.1. The maximum absolute atomic E-state index is 11.1. The van der Waals surface area contributed by atoms with Crippen molar-refractivity contribution in [3.63, 3.8) is 0 Å². The minimum absolute atomic E-state index is 0.0906. The van der Waals surface area contributed by atoms with Crippen molar-refractivity contribution in [1.82, 2.24) is 0 Å². The fourth-order valence-corrected chi connectivity index (χ4v) is 2.26. The molecule has 1 aliphatic carbocycles. The second-order valence-corrected chi connectivity index (χ2v) is 4.12. The summed E-state index contributed by atoms with van der Waals surface area (Å²) in [6.45, 7) is 1.84. The standard InChI is InChI=1S/C11H16O2/c1-8-7-10(13-11(8)12)9-5-3-2-4-6-9/h7,9-10H,2-6H2,1H3. The summed E-state index contributed by atoms with van der Waals surface area (Å²) in [5.74, 6) is 0.478. The van der Waals surface area contributed by atoms with Gasteiger partial charge in [-0.2, -0.15) is 0 Å². The van der Waals surface area contributed by atoms with Gasteiger partial charge in [0.05, 0.1) is 0 Å². The number of hydrogen-bond acceptors (Lipinski definition) is 2. The zero-order valence-corrected chi connectivity index (χ0v) is 8.08. The molecule has 72 valence electrons. The first-order valence-electron chi connectivity index (χ1n) is 5.17. The smallest absolute Gasteiger partial charge is 0.334 e. The molecule has 0 radical (unpaired) electrons. The Kier molecular flexibility index (Phi) is 2.38. The summed E-state index contributed by atoms with van der Waals surface area (Å²) >= 11 is 0. The normalized spacial score (nSPS) is 30.1. The van der Waals surface area contributed by atoms with E-state index in [1.54, 1.807) is 0 Å². The van der Waals surface area contributed by atoms with Crippen LogP contribution in [0.4, 0.5) is 0 Å². The number of carbonyl (C=O) groups is 1. The predicted octanol–water partition coefficient (Wildman–Crippen LogP) is 2.44. The van der Waals surface area contributed by atoms with Crippen LogP contribution in [0, 0.1) is 5.92 Å². The molecule has 1 atom stereocenters. The topological polar surface area (TPSA) is 26.3 Å². The predicted molar refractivity (Wildman–Crippen MR) is 50.2 cm³/mol. The van der Waals surface area contributed by atoms with Crippen molar-refractivity contribution in [3.05, 3.63) is 11.6 Å². The molecule has 0 bridgehead atoms. The molecule has 0 N–H and O–H groups in total. The van der Waals surface area contributed by atoms with Crippen LogP contribution < -0.4 is 0 Å². The zero-order valence-electron chi connectivity index (χ0n) is 8.08. The van der Waals surface area contributed by atoms with Crippen LogP contribution in [0.25, 0.3) is 0 Å². The van der Waals surface area contributed by atoms with Crippen LogP contribution in [0.15, 0.2) is 11.6 Å². The number of rotatable bonds is 1. The van der Waals surface area contributed by atoms with Gasteiger partial charge in [-0.1, -0.05) is 19.3 Å².